The lowest BCUT2D eigenvalue weighted by Crippen LogP contribution is -2.36. The molecule has 8 heteroatoms. The maximum Gasteiger partial charge on any atom is 0.274 e. The predicted octanol–water partition coefficient (Wildman–Crippen LogP) is 6.53. The fourth-order valence-electron chi connectivity index (χ4n) is 7.81. The van der Waals surface area contributed by atoms with Gasteiger partial charge in [-0.25, -0.2) is 0 Å². The van der Waals surface area contributed by atoms with E-state index in [-0.39, 0.29) is 22.7 Å². The van der Waals surface area contributed by atoms with Crippen molar-refractivity contribution >= 4 is 44.7 Å². The van der Waals surface area contributed by atoms with Crippen molar-refractivity contribution in [2.24, 2.45) is 14.1 Å². The lowest BCUT2D eigenvalue weighted by Gasteiger charge is -2.32. The van der Waals surface area contributed by atoms with E-state index in [4.69, 9.17) is 0 Å². The highest BCUT2D eigenvalue weighted by atomic mass is 16.1. The maximum atomic E-state index is 13.3. The van der Waals surface area contributed by atoms with Crippen LogP contribution in [0.3, 0.4) is 0 Å². The molecule has 3 aliphatic rings. The van der Waals surface area contributed by atoms with E-state index in [0.717, 1.165) is 75.7 Å². The Balaban J connectivity index is 0.000000142. The first-order valence-corrected chi connectivity index (χ1v) is 16.4. The third kappa shape index (κ3) is 4.15. The second kappa shape index (κ2) is 11.2. The zero-order valence-electron chi connectivity index (χ0n) is 27.1. The number of pyridine rings is 2. The summed E-state index contributed by atoms with van der Waals surface area (Å²) in [4.78, 5) is 54.0. The fraction of sp³-hybridized carbons (Fsp3) is 0.200. The van der Waals surface area contributed by atoms with Gasteiger partial charge in [0.15, 0.2) is 11.6 Å². The minimum Gasteiger partial charge on any atom is -0.383 e. The van der Waals surface area contributed by atoms with Crippen molar-refractivity contribution < 1.29 is 9.59 Å². The number of carbonyl (C=O) groups excluding carboxylic acids is 2. The van der Waals surface area contributed by atoms with Gasteiger partial charge in [-0.15, -0.1) is 0 Å². The Morgan fingerprint density at radius 1 is 0.521 bits per heavy atom. The van der Waals surface area contributed by atoms with Crippen LogP contribution in [0.5, 0.6) is 0 Å². The number of hydrogen-bond acceptors (Lipinski definition) is 6. The minimum absolute atomic E-state index is 0.00871. The number of piperidine rings is 1. The molecule has 4 aromatic carbocycles. The van der Waals surface area contributed by atoms with Gasteiger partial charge in [-0.3, -0.25) is 19.2 Å². The minimum atomic E-state index is -0.0914. The average Bonchev–Trinajstić information content (AvgIpc) is 3.13. The number of hydrogen-bond donors (Lipinski definition) is 1. The monoisotopic (exact) mass is 634 g/mol. The molecule has 0 amide bonds. The van der Waals surface area contributed by atoms with Crippen molar-refractivity contribution in [2.45, 2.75) is 19.3 Å². The lowest BCUT2D eigenvalue weighted by molar-refractivity contribution is 0.103. The van der Waals surface area contributed by atoms with E-state index in [9.17, 15) is 19.2 Å². The second-order valence-corrected chi connectivity index (χ2v) is 12.6. The summed E-state index contributed by atoms with van der Waals surface area (Å²) in [6.07, 6.45) is 3.41. The van der Waals surface area contributed by atoms with E-state index in [0.29, 0.717) is 27.9 Å². The Kier molecular flexibility index (Phi) is 6.91. The molecule has 1 aliphatic heterocycles. The number of nitrogens with zero attached hydrogens (tertiary/aromatic N) is 3. The van der Waals surface area contributed by atoms with E-state index in [2.05, 4.69) is 10.2 Å². The van der Waals surface area contributed by atoms with Crippen molar-refractivity contribution in [3.63, 3.8) is 0 Å². The van der Waals surface area contributed by atoms with Crippen LogP contribution in [0.4, 0.5) is 11.4 Å². The third-order valence-electron chi connectivity index (χ3n) is 10.1. The predicted molar refractivity (Wildman–Crippen MR) is 192 cm³/mol. The molecule has 0 spiro atoms. The molecule has 1 N–H and O–H groups in total. The Labute approximate surface area is 276 Å². The fourth-order valence-corrected chi connectivity index (χ4v) is 7.81. The van der Waals surface area contributed by atoms with Crippen molar-refractivity contribution in [3.05, 3.63) is 128 Å². The summed E-state index contributed by atoms with van der Waals surface area (Å²) in [7, 11) is 5.28. The Morgan fingerprint density at radius 3 is 1.52 bits per heavy atom. The molecule has 238 valence electrons. The molecular formula is C40H34N4O4. The third-order valence-corrected chi connectivity index (χ3v) is 10.1. The summed E-state index contributed by atoms with van der Waals surface area (Å²) in [6, 6.07) is 26.4. The molecule has 1 saturated heterocycles. The summed E-state index contributed by atoms with van der Waals surface area (Å²) in [5.41, 5.74) is 8.98. The SMILES string of the molecule is CNc1c2c3c(cccc3n(C)c1=O)C(=O)c1ccccc1-2.Cn1c(=O)c(N2CCCCC2)c2c3c(cccc31)C(=O)c1ccccc1-2. The zero-order valence-corrected chi connectivity index (χ0v) is 27.1. The van der Waals surface area contributed by atoms with E-state index in [1.54, 1.807) is 23.2 Å². The van der Waals surface area contributed by atoms with Crippen LogP contribution in [0.15, 0.2) is 94.5 Å². The molecular weight excluding hydrogens is 600 g/mol. The van der Waals surface area contributed by atoms with Crippen LogP contribution in [0.1, 0.15) is 51.1 Å². The number of anilines is 2. The molecule has 0 bridgehead atoms. The highest BCUT2D eigenvalue weighted by Gasteiger charge is 2.32. The highest BCUT2D eigenvalue weighted by molar-refractivity contribution is 6.28. The standard InChI is InChI=1S/C22H20N2O2.C18H14N2O2/c1-23-17-11-7-10-16-18(17)19(14-8-3-4-9-15(14)21(16)25)20(22(23)26)24-12-5-2-6-13-24;1-19-16-15-10-6-3-4-7-11(10)17(21)12-8-5-9-13(14(12)15)20(2)18(16)22/h3-4,7-11H,2,5-6,12-13H2,1H3;3-9,19H,1-2H3. The van der Waals surface area contributed by atoms with Crippen LogP contribution < -0.4 is 21.3 Å². The number of nitrogens with one attached hydrogen (secondary N) is 1. The first-order valence-electron chi connectivity index (χ1n) is 16.4. The van der Waals surface area contributed by atoms with Crippen LogP contribution >= 0.6 is 0 Å². The molecule has 48 heavy (non-hydrogen) atoms. The van der Waals surface area contributed by atoms with E-state index in [1.165, 1.54) is 6.42 Å². The topological polar surface area (TPSA) is 93.4 Å². The molecule has 0 saturated carbocycles. The van der Waals surface area contributed by atoms with Gasteiger partial charge in [0.1, 0.15) is 11.4 Å². The molecule has 6 aromatic rings. The van der Waals surface area contributed by atoms with Gasteiger partial charge in [-0.1, -0.05) is 72.8 Å². The summed E-state index contributed by atoms with van der Waals surface area (Å²) in [5.74, 6) is 0.0522. The first kappa shape index (κ1) is 29.6. The Hall–Kier alpha value is -5.76. The van der Waals surface area contributed by atoms with Gasteiger partial charge in [-0.05, 0) is 42.5 Å². The van der Waals surface area contributed by atoms with Crippen molar-refractivity contribution in [1.29, 1.82) is 0 Å². The van der Waals surface area contributed by atoms with Crippen molar-refractivity contribution in [1.82, 2.24) is 9.13 Å². The number of ketones is 2. The van der Waals surface area contributed by atoms with Crippen LogP contribution in [0.2, 0.25) is 0 Å². The molecule has 9 rings (SSSR count). The van der Waals surface area contributed by atoms with E-state index in [1.807, 2.05) is 92.0 Å². The van der Waals surface area contributed by atoms with Gasteiger partial charge in [0.25, 0.3) is 11.1 Å². The quantitative estimate of drug-likeness (QED) is 0.232. The van der Waals surface area contributed by atoms with Crippen molar-refractivity contribution in [3.8, 4) is 22.3 Å². The maximum absolute atomic E-state index is 13.3. The molecule has 3 heterocycles. The molecule has 1 fully saturated rings. The second-order valence-electron chi connectivity index (χ2n) is 12.6. The first-order chi connectivity index (χ1) is 23.3. The average molecular weight is 635 g/mol. The number of fused-ring (bicyclic) bond motifs is 4. The summed E-state index contributed by atoms with van der Waals surface area (Å²) in [5, 5.41) is 4.78. The summed E-state index contributed by atoms with van der Waals surface area (Å²) >= 11 is 0. The van der Waals surface area contributed by atoms with Gasteiger partial charge >= 0.3 is 0 Å². The molecule has 8 nitrogen and oxygen atoms in total. The summed E-state index contributed by atoms with van der Waals surface area (Å²) in [6.45, 7) is 1.79. The number of benzene rings is 4. The van der Waals surface area contributed by atoms with E-state index < -0.39 is 0 Å². The van der Waals surface area contributed by atoms with Crippen LogP contribution in [0, 0.1) is 0 Å². The van der Waals surface area contributed by atoms with Crippen LogP contribution in [-0.4, -0.2) is 40.8 Å². The normalized spacial score (nSPS) is 14.4. The Bertz CT molecular complexity index is 2480. The molecule has 0 unspecified atom stereocenters. The van der Waals surface area contributed by atoms with Gasteiger partial charge in [0, 0.05) is 78.4 Å². The molecule has 0 atom stereocenters. The number of aryl methyl sites for hydroxylation is 2. The largest absolute Gasteiger partial charge is 0.383 e. The number of carbonyl (C=O) groups is 2. The molecule has 2 aromatic heterocycles. The summed E-state index contributed by atoms with van der Waals surface area (Å²) < 4.78 is 3.29. The number of aromatic nitrogens is 2. The highest BCUT2D eigenvalue weighted by Crippen LogP contribution is 2.44. The van der Waals surface area contributed by atoms with Gasteiger partial charge in [-0.2, -0.15) is 0 Å². The van der Waals surface area contributed by atoms with E-state index >= 15 is 0 Å². The van der Waals surface area contributed by atoms with Crippen LogP contribution in [-0.2, 0) is 14.1 Å². The van der Waals surface area contributed by atoms with Gasteiger partial charge < -0.3 is 19.4 Å². The zero-order chi connectivity index (χ0) is 33.3. The van der Waals surface area contributed by atoms with Gasteiger partial charge in [0.05, 0.1) is 11.0 Å². The van der Waals surface area contributed by atoms with Crippen LogP contribution in [0.25, 0.3) is 44.1 Å². The van der Waals surface area contributed by atoms with Gasteiger partial charge in [0.2, 0.25) is 0 Å². The molecule has 2 aliphatic carbocycles. The number of rotatable bonds is 2. The molecule has 0 radical (unpaired) electrons. The van der Waals surface area contributed by atoms with Crippen molar-refractivity contribution in [2.75, 3.05) is 30.4 Å². The lowest BCUT2D eigenvalue weighted by atomic mass is 9.83. The smallest absolute Gasteiger partial charge is 0.274 e. The Morgan fingerprint density at radius 2 is 0.979 bits per heavy atom.